The monoisotopic (exact) mass is 186 g/mol. The Morgan fingerprint density at radius 1 is 1.46 bits per heavy atom. The first-order chi connectivity index (χ1) is 6.13. The number of allylic oxidation sites excluding steroid dienone is 1. The molecule has 3 N–H and O–H groups in total. The molecule has 1 heterocycles. The molecule has 0 aliphatic carbocycles. The number of ether oxygens (including phenoxy) is 1. The maximum Gasteiger partial charge on any atom is 0.353 e. The van der Waals surface area contributed by atoms with E-state index in [1.807, 2.05) is 4.90 Å². The van der Waals surface area contributed by atoms with Gasteiger partial charge in [0.1, 0.15) is 5.70 Å². The number of morpholine rings is 1. The predicted octanol–water partition coefficient (Wildman–Crippen LogP) is -0.407. The van der Waals surface area contributed by atoms with Gasteiger partial charge >= 0.3 is 5.97 Å². The zero-order chi connectivity index (χ0) is 9.84. The van der Waals surface area contributed by atoms with Gasteiger partial charge in [-0.15, -0.1) is 0 Å². The van der Waals surface area contributed by atoms with Crippen LogP contribution in [0.15, 0.2) is 11.4 Å². The molecular formula is C8H14N2O3. The molecule has 1 aliphatic rings. The van der Waals surface area contributed by atoms with Crippen molar-refractivity contribution in [3.05, 3.63) is 11.4 Å². The molecule has 0 radical (unpaired) electrons. The Morgan fingerprint density at radius 3 is 2.46 bits per heavy atom. The van der Waals surface area contributed by atoms with Crippen LogP contribution in [0.5, 0.6) is 0 Å². The van der Waals surface area contributed by atoms with Crippen molar-refractivity contribution in [1.82, 2.24) is 4.90 Å². The van der Waals surface area contributed by atoms with Crippen molar-refractivity contribution >= 4 is 5.97 Å². The van der Waals surface area contributed by atoms with Gasteiger partial charge in [-0.2, -0.15) is 0 Å². The van der Waals surface area contributed by atoms with E-state index in [0.717, 1.165) is 0 Å². The summed E-state index contributed by atoms with van der Waals surface area (Å²) in [6, 6.07) is 0. The molecule has 1 fully saturated rings. The molecule has 1 saturated heterocycles. The molecule has 0 unspecified atom stereocenters. The Morgan fingerprint density at radius 2 is 2.00 bits per heavy atom. The first kappa shape index (κ1) is 9.85. The Labute approximate surface area is 76.8 Å². The lowest BCUT2D eigenvalue weighted by atomic mass is 10.3. The lowest BCUT2D eigenvalue weighted by molar-refractivity contribution is -0.132. The number of hydrogen-bond acceptors (Lipinski definition) is 4. The molecule has 1 rings (SSSR count). The van der Waals surface area contributed by atoms with Gasteiger partial charge in [0.05, 0.1) is 13.2 Å². The number of aliphatic carboxylic acids is 1. The molecule has 0 spiro atoms. The van der Waals surface area contributed by atoms with Crippen LogP contribution >= 0.6 is 0 Å². The second kappa shape index (κ2) is 4.13. The Balaban J connectivity index is 2.68. The fraction of sp³-hybridized carbons (Fsp3) is 0.625. The van der Waals surface area contributed by atoms with Crippen LogP contribution in [0.1, 0.15) is 6.92 Å². The third-order valence-corrected chi connectivity index (χ3v) is 2.11. The van der Waals surface area contributed by atoms with Crippen LogP contribution in [0.25, 0.3) is 0 Å². The van der Waals surface area contributed by atoms with E-state index in [-0.39, 0.29) is 5.70 Å². The summed E-state index contributed by atoms with van der Waals surface area (Å²) in [5, 5.41) is 8.64. The van der Waals surface area contributed by atoms with Gasteiger partial charge in [0.15, 0.2) is 0 Å². The highest BCUT2D eigenvalue weighted by Gasteiger charge is 2.15. The van der Waals surface area contributed by atoms with E-state index in [2.05, 4.69) is 0 Å². The number of carboxylic acids is 1. The van der Waals surface area contributed by atoms with Gasteiger partial charge in [-0.1, -0.05) is 0 Å². The number of carbonyl (C=O) groups is 1. The smallest absolute Gasteiger partial charge is 0.353 e. The minimum absolute atomic E-state index is 0.0816. The highest BCUT2D eigenvalue weighted by molar-refractivity contribution is 5.86. The van der Waals surface area contributed by atoms with Crippen molar-refractivity contribution in [1.29, 1.82) is 0 Å². The average Bonchev–Trinajstić information content (AvgIpc) is 2.17. The minimum Gasteiger partial charge on any atom is -0.477 e. The topological polar surface area (TPSA) is 75.8 Å². The summed E-state index contributed by atoms with van der Waals surface area (Å²) >= 11 is 0. The Bertz CT molecular complexity index is 232. The summed E-state index contributed by atoms with van der Waals surface area (Å²) in [7, 11) is 0. The van der Waals surface area contributed by atoms with Gasteiger partial charge in [0.2, 0.25) is 0 Å². The summed E-state index contributed by atoms with van der Waals surface area (Å²) < 4.78 is 5.14. The van der Waals surface area contributed by atoms with Gasteiger partial charge in [-0.3, -0.25) is 0 Å². The summed E-state index contributed by atoms with van der Waals surface area (Å²) in [6.07, 6.45) is 0. The van der Waals surface area contributed by atoms with Crippen molar-refractivity contribution < 1.29 is 14.6 Å². The fourth-order valence-electron chi connectivity index (χ4n) is 1.22. The molecule has 5 nitrogen and oxygen atoms in total. The van der Waals surface area contributed by atoms with Gasteiger partial charge in [-0.05, 0) is 6.92 Å². The van der Waals surface area contributed by atoms with Crippen LogP contribution in [-0.4, -0.2) is 42.3 Å². The van der Waals surface area contributed by atoms with E-state index in [1.54, 1.807) is 6.92 Å². The standard InChI is InChI=1S/C8H14N2O3/c1-6(7(9)8(11)12)10-2-4-13-5-3-10/h2-5,9H2,1H3,(H,11,12)/b7-6+. The largest absolute Gasteiger partial charge is 0.477 e. The molecule has 0 saturated carbocycles. The SMILES string of the molecule is C/C(=C(\N)C(=O)O)N1CCOCC1. The summed E-state index contributed by atoms with van der Waals surface area (Å²) in [6.45, 7) is 4.39. The predicted molar refractivity (Wildman–Crippen MR) is 46.9 cm³/mol. The van der Waals surface area contributed by atoms with Crippen molar-refractivity contribution in [2.24, 2.45) is 5.73 Å². The minimum atomic E-state index is -1.07. The molecule has 5 heteroatoms. The Hall–Kier alpha value is -1.23. The lowest BCUT2D eigenvalue weighted by Gasteiger charge is -2.29. The van der Waals surface area contributed by atoms with Crippen LogP contribution < -0.4 is 5.73 Å². The second-order valence-electron chi connectivity index (χ2n) is 2.90. The van der Waals surface area contributed by atoms with Crippen LogP contribution in [0.2, 0.25) is 0 Å². The summed E-state index contributed by atoms with van der Waals surface area (Å²) in [4.78, 5) is 12.5. The van der Waals surface area contributed by atoms with E-state index in [9.17, 15) is 4.79 Å². The lowest BCUT2D eigenvalue weighted by Crippen LogP contribution is -2.36. The molecule has 0 bridgehead atoms. The number of nitrogens with zero attached hydrogens (tertiary/aromatic N) is 1. The zero-order valence-corrected chi connectivity index (χ0v) is 7.62. The molecule has 0 aromatic heterocycles. The van der Waals surface area contributed by atoms with Crippen molar-refractivity contribution in [2.45, 2.75) is 6.92 Å². The number of hydrogen-bond donors (Lipinski definition) is 2. The van der Waals surface area contributed by atoms with Crippen LogP contribution in [0, 0.1) is 0 Å². The maximum atomic E-state index is 10.5. The zero-order valence-electron chi connectivity index (χ0n) is 7.62. The van der Waals surface area contributed by atoms with E-state index < -0.39 is 5.97 Å². The third kappa shape index (κ3) is 2.35. The van der Waals surface area contributed by atoms with Gasteiger partial charge < -0.3 is 20.5 Å². The van der Waals surface area contributed by atoms with E-state index >= 15 is 0 Å². The number of rotatable bonds is 2. The quantitative estimate of drug-likeness (QED) is 0.573. The fourth-order valence-corrected chi connectivity index (χ4v) is 1.22. The van der Waals surface area contributed by atoms with Crippen LogP contribution in [0.3, 0.4) is 0 Å². The van der Waals surface area contributed by atoms with Gasteiger partial charge in [0.25, 0.3) is 0 Å². The van der Waals surface area contributed by atoms with Crippen molar-refractivity contribution in [2.75, 3.05) is 26.3 Å². The molecule has 0 atom stereocenters. The summed E-state index contributed by atoms with van der Waals surface area (Å²) in [5.74, 6) is -1.07. The molecule has 0 aromatic rings. The molecule has 13 heavy (non-hydrogen) atoms. The first-order valence-corrected chi connectivity index (χ1v) is 4.15. The number of carboxylic acid groups (broad SMARTS) is 1. The number of nitrogens with two attached hydrogens (primary N) is 1. The van der Waals surface area contributed by atoms with E-state index in [0.29, 0.717) is 32.0 Å². The van der Waals surface area contributed by atoms with E-state index in [1.165, 1.54) is 0 Å². The second-order valence-corrected chi connectivity index (χ2v) is 2.90. The molecule has 1 aliphatic heterocycles. The highest BCUT2D eigenvalue weighted by atomic mass is 16.5. The maximum absolute atomic E-state index is 10.5. The highest BCUT2D eigenvalue weighted by Crippen LogP contribution is 2.08. The summed E-state index contributed by atoms with van der Waals surface area (Å²) in [5.41, 5.74) is 5.93. The molecule has 74 valence electrons. The third-order valence-electron chi connectivity index (χ3n) is 2.11. The molecule has 0 aromatic carbocycles. The van der Waals surface area contributed by atoms with Crippen LogP contribution in [0.4, 0.5) is 0 Å². The van der Waals surface area contributed by atoms with Gasteiger partial charge in [-0.25, -0.2) is 4.79 Å². The van der Waals surface area contributed by atoms with Crippen LogP contribution in [-0.2, 0) is 9.53 Å². The van der Waals surface area contributed by atoms with E-state index in [4.69, 9.17) is 15.6 Å². The molecule has 0 amide bonds. The normalized spacial score (nSPS) is 19.6. The molecular weight excluding hydrogens is 172 g/mol. The van der Waals surface area contributed by atoms with Gasteiger partial charge in [0, 0.05) is 18.8 Å². The Kier molecular flexibility index (Phi) is 3.13. The van der Waals surface area contributed by atoms with Crippen molar-refractivity contribution in [3.8, 4) is 0 Å². The van der Waals surface area contributed by atoms with Crippen molar-refractivity contribution in [3.63, 3.8) is 0 Å². The first-order valence-electron chi connectivity index (χ1n) is 4.15. The average molecular weight is 186 g/mol.